The molecule has 0 amide bonds. The SMILES string of the molecule is OCC(CO)(Cc1ccc(Cl)cc1F)c1cccc(Br)c1. The predicted octanol–water partition coefficient (Wildman–Crippen LogP) is 3.71. The molecule has 0 aromatic heterocycles. The average molecular weight is 374 g/mol. The van der Waals surface area contributed by atoms with Crippen molar-refractivity contribution >= 4 is 27.5 Å². The Hall–Kier alpha value is -0.940. The lowest BCUT2D eigenvalue weighted by atomic mass is 9.77. The van der Waals surface area contributed by atoms with E-state index in [1.54, 1.807) is 12.1 Å². The summed E-state index contributed by atoms with van der Waals surface area (Å²) in [6.45, 7) is -0.579. The van der Waals surface area contributed by atoms with Crippen LogP contribution in [-0.4, -0.2) is 23.4 Å². The van der Waals surface area contributed by atoms with Crippen LogP contribution in [0, 0.1) is 5.82 Å². The van der Waals surface area contributed by atoms with Crippen molar-refractivity contribution in [1.29, 1.82) is 0 Å². The van der Waals surface area contributed by atoms with E-state index in [-0.39, 0.29) is 19.6 Å². The highest BCUT2D eigenvalue weighted by atomic mass is 79.9. The number of aliphatic hydroxyl groups excluding tert-OH is 2. The molecule has 0 saturated carbocycles. The zero-order chi connectivity index (χ0) is 15.5. The lowest BCUT2D eigenvalue weighted by Gasteiger charge is -2.31. The van der Waals surface area contributed by atoms with Gasteiger partial charge in [-0.05, 0) is 41.8 Å². The monoisotopic (exact) mass is 372 g/mol. The maximum atomic E-state index is 14.0. The lowest BCUT2D eigenvalue weighted by molar-refractivity contribution is 0.115. The molecule has 2 rings (SSSR count). The second kappa shape index (κ2) is 6.88. The average Bonchev–Trinajstić information content (AvgIpc) is 2.47. The fourth-order valence-electron chi connectivity index (χ4n) is 2.29. The Morgan fingerprint density at radius 1 is 1.10 bits per heavy atom. The zero-order valence-corrected chi connectivity index (χ0v) is 13.5. The maximum Gasteiger partial charge on any atom is 0.127 e. The summed E-state index contributed by atoms with van der Waals surface area (Å²) in [5, 5.41) is 19.9. The highest BCUT2D eigenvalue weighted by Crippen LogP contribution is 2.31. The normalized spacial score (nSPS) is 11.7. The van der Waals surface area contributed by atoms with Crippen LogP contribution in [0.3, 0.4) is 0 Å². The van der Waals surface area contributed by atoms with Crippen LogP contribution in [0.4, 0.5) is 4.39 Å². The van der Waals surface area contributed by atoms with E-state index in [2.05, 4.69) is 15.9 Å². The van der Waals surface area contributed by atoms with Crippen LogP contribution in [0.2, 0.25) is 5.02 Å². The van der Waals surface area contributed by atoms with Crippen molar-refractivity contribution in [2.45, 2.75) is 11.8 Å². The molecule has 2 aromatic rings. The summed E-state index contributed by atoms with van der Waals surface area (Å²) < 4.78 is 14.8. The van der Waals surface area contributed by atoms with Gasteiger partial charge in [0.25, 0.3) is 0 Å². The molecule has 2 aromatic carbocycles. The molecule has 112 valence electrons. The molecule has 0 bridgehead atoms. The van der Waals surface area contributed by atoms with Crippen molar-refractivity contribution < 1.29 is 14.6 Å². The van der Waals surface area contributed by atoms with Crippen LogP contribution in [0.25, 0.3) is 0 Å². The van der Waals surface area contributed by atoms with Gasteiger partial charge in [0, 0.05) is 14.9 Å². The molecule has 0 heterocycles. The fraction of sp³-hybridized carbons (Fsp3) is 0.250. The highest BCUT2D eigenvalue weighted by molar-refractivity contribution is 9.10. The summed E-state index contributed by atoms with van der Waals surface area (Å²) in [5.41, 5.74) is 0.206. The maximum absolute atomic E-state index is 14.0. The summed E-state index contributed by atoms with van der Waals surface area (Å²) in [6.07, 6.45) is 0.180. The molecule has 2 nitrogen and oxygen atoms in total. The number of aliphatic hydroxyl groups is 2. The van der Waals surface area contributed by atoms with Crippen molar-refractivity contribution in [2.24, 2.45) is 0 Å². The van der Waals surface area contributed by atoms with Crippen LogP contribution in [0.5, 0.6) is 0 Å². The van der Waals surface area contributed by atoms with Gasteiger partial charge in [0.05, 0.1) is 13.2 Å². The van der Waals surface area contributed by atoms with Gasteiger partial charge >= 0.3 is 0 Å². The van der Waals surface area contributed by atoms with Gasteiger partial charge in [-0.2, -0.15) is 0 Å². The lowest BCUT2D eigenvalue weighted by Crippen LogP contribution is -2.37. The predicted molar refractivity (Wildman–Crippen MR) is 85.1 cm³/mol. The highest BCUT2D eigenvalue weighted by Gasteiger charge is 2.32. The van der Waals surface area contributed by atoms with Gasteiger partial charge in [-0.25, -0.2) is 4.39 Å². The van der Waals surface area contributed by atoms with E-state index < -0.39 is 11.2 Å². The Morgan fingerprint density at radius 2 is 1.81 bits per heavy atom. The summed E-state index contributed by atoms with van der Waals surface area (Å²) in [7, 11) is 0. The van der Waals surface area contributed by atoms with Crippen molar-refractivity contribution in [2.75, 3.05) is 13.2 Å². The standard InChI is InChI=1S/C16H15BrClFO2/c17-13-3-1-2-12(6-13)16(9-20,10-21)8-11-4-5-14(18)7-15(11)19/h1-7,20-21H,8-10H2. The first-order chi connectivity index (χ1) is 10.0. The number of benzene rings is 2. The van der Waals surface area contributed by atoms with E-state index >= 15 is 0 Å². The minimum absolute atomic E-state index is 0.180. The van der Waals surface area contributed by atoms with Crippen LogP contribution >= 0.6 is 27.5 Å². The van der Waals surface area contributed by atoms with Crippen molar-refractivity contribution in [3.8, 4) is 0 Å². The zero-order valence-electron chi connectivity index (χ0n) is 11.2. The molecular weight excluding hydrogens is 359 g/mol. The smallest absolute Gasteiger partial charge is 0.127 e. The topological polar surface area (TPSA) is 40.5 Å². The molecule has 0 aliphatic carbocycles. The molecule has 0 aliphatic heterocycles. The molecule has 0 fully saturated rings. The van der Waals surface area contributed by atoms with Gasteiger partial charge in [0.15, 0.2) is 0 Å². The van der Waals surface area contributed by atoms with E-state index in [0.29, 0.717) is 10.6 Å². The number of halogens is 3. The van der Waals surface area contributed by atoms with Crippen LogP contribution < -0.4 is 0 Å². The molecule has 0 unspecified atom stereocenters. The molecule has 0 saturated heterocycles. The molecule has 0 spiro atoms. The third-order valence-corrected chi connectivity index (χ3v) is 4.31. The molecule has 21 heavy (non-hydrogen) atoms. The van der Waals surface area contributed by atoms with E-state index in [9.17, 15) is 14.6 Å². The summed E-state index contributed by atoms with van der Waals surface area (Å²) >= 11 is 9.12. The third-order valence-electron chi connectivity index (χ3n) is 3.59. The van der Waals surface area contributed by atoms with Crippen LogP contribution in [0.15, 0.2) is 46.9 Å². The quantitative estimate of drug-likeness (QED) is 0.839. The summed E-state index contributed by atoms with van der Waals surface area (Å²) in [6, 6.07) is 11.7. The minimum atomic E-state index is -0.946. The van der Waals surface area contributed by atoms with Crippen LogP contribution in [0.1, 0.15) is 11.1 Å². The van der Waals surface area contributed by atoms with E-state index in [0.717, 1.165) is 10.0 Å². The molecule has 0 atom stereocenters. The third kappa shape index (κ3) is 3.64. The first kappa shape index (κ1) is 16.4. The van der Waals surface area contributed by atoms with Crippen LogP contribution in [-0.2, 0) is 11.8 Å². The molecular formula is C16H15BrClFO2. The fourth-order valence-corrected chi connectivity index (χ4v) is 2.85. The Labute approximate surface area is 136 Å². The van der Waals surface area contributed by atoms with E-state index in [1.807, 2.05) is 24.3 Å². The summed E-state index contributed by atoms with van der Waals surface area (Å²) in [4.78, 5) is 0. The second-order valence-electron chi connectivity index (χ2n) is 5.02. The van der Waals surface area contributed by atoms with Gasteiger partial charge in [0.1, 0.15) is 5.82 Å². The summed E-state index contributed by atoms with van der Waals surface area (Å²) in [5.74, 6) is -0.441. The van der Waals surface area contributed by atoms with Gasteiger partial charge in [-0.1, -0.05) is 45.7 Å². The number of hydrogen-bond acceptors (Lipinski definition) is 2. The first-order valence-corrected chi connectivity index (χ1v) is 7.59. The molecule has 0 aliphatic rings. The molecule has 5 heteroatoms. The largest absolute Gasteiger partial charge is 0.395 e. The first-order valence-electron chi connectivity index (χ1n) is 6.42. The van der Waals surface area contributed by atoms with Crippen molar-refractivity contribution in [3.63, 3.8) is 0 Å². The van der Waals surface area contributed by atoms with E-state index in [4.69, 9.17) is 11.6 Å². The second-order valence-corrected chi connectivity index (χ2v) is 6.37. The van der Waals surface area contributed by atoms with Gasteiger partial charge in [0.2, 0.25) is 0 Å². The van der Waals surface area contributed by atoms with E-state index in [1.165, 1.54) is 6.07 Å². The van der Waals surface area contributed by atoms with Crippen molar-refractivity contribution in [1.82, 2.24) is 0 Å². The van der Waals surface area contributed by atoms with Gasteiger partial charge < -0.3 is 10.2 Å². The Kier molecular flexibility index (Phi) is 5.38. The number of hydrogen-bond donors (Lipinski definition) is 2. The minimum Gasteiger partial charge on any atom is -0.395 e. The molecule has 2 N–H and O–H groups in total. The number of rotatable bonds is 5. The molecule has 0 radical (unpaired) electrons. The Morgan fingerprint density at radius 3 is 2.38 bits per heavy atom. The Balaban J connectivity index is 2.43. The Bertz CT molecular complexity index is 629. The van der Waals surface area contributed by atoms with Gasteiger partial charge in [-0.15, -0.1) is 0 Å². The van der Waals surface area contributed by atoms with Gasteiger partial charge in [-0.3, -0.25) is 0 Å². The van der Waals surface area contributed by atoms with Crippen molar-refractivity contribution in [3.05, 3.63) is 68.9 Å².